The highest BCUT2D eigenvalue weighted by atomic mass is 32.1. The zero-order chi connectivity index (χ0) is 20.5. The number of furan rings is 1. The van der Waals surface area contributed by atoms with Gasteiger partial charge in [-0.2, -0.15) is 0 Å². The van der Waals surface area contributed by atoms with E-state index < -0.39 is 0 Å². The summed E-state index contributed by atoms with van der Waals surface area (Å²) in [6.45, 7) is 8.62. The maximum atomic E-state index is 13.4. The minimum Gasteiger partial charge on any atom is -0.467 e. The number of amides is 1. The van der Waals surface area contributed by atoms with Crippen LogP contribution in [0.15, 0.2) is 53.1 Å². The number of benzene rings is 2. The first-order chi connectivity index (χ1) is 13.9. The summed E-state index contributed by atoms with van der Waals surface area (Å²) < 4.78 is 6.65. The highest BCUT2D eigenvalue weighted by Gasteiger charge is 2.22. The number of thiazole rings is 1. The molecule has 2 aromatic heterocycles. The van der Waals surface area contributed by atoms with Gasteiger partial charge in [-0.1, -0.05) is 41.2 Å². The normalized spacial score (nSPS) is 11.2. The quantitative estimate of drug-likeness (QED) is 0.416. The molecule has 148 valence electrons. The average Bonchev–Trinajstić information content (AvgIpc) is 3.32. The van der Waals surface area contributed by atoms with E-state index in [4.69, 9.17) is 9.40 Å². The summed E-state index contributed by atoms with van der Waals surface area (Å²) in [5.41, 5.74) is 6.62. The summed E-state index contributed by atoms with van der Waals surface area (Å²) >= 11 is 1.56. The molecule has 5 heteroatoms. The van der Waals surface area contributed by atoms with Crippen LogP contribution >= 0.6 is 11.3 Å². The predicted molar refractivity (Wildman–Crippen MR) is 119 cm³/mol. The topological polar surface area (TPSA) is 46.3 Å². The second kappa shape index (κ2) is 7.84. The molecule has 4 aromatic rings. The van der Waals surface area contributed by atoms with Gasteiger partial charge in [0.2, 0.25) is 5.91 Å². The first-order valence-electron chi connectivity index (χ1n) is 9.67. The Balaban J connectivity index is 1.72. The number of hydrogen-bond donors (Lipinski definition) is 0. The molecule has 0 spiro atoms. The van der Waals surface area contributed by atoms with Crippen molar-refractivity contribution in [3.8, 4) is 0 Å². The number of carbonyl (C=O) groups excluding carboxylic acids is 1. The number of hydrogen-bond acceptors (Lipinski definition) is 4. The largest absolute Gasteiger partial charge is 0.467 e. The number of nitrogens with zero attached hydrogens (tertiary/aromatic N) is 2. The molecular weight excluding hydrogens is 380 g/mol. The van der Waals surface area contributed by atoms with Crippen LogP contribution in [0.25, 0.3) is 10.2 Å². The van der Waals surface area contributed by atoms with Gasteiger partial charge in [0.05, 0.1) is 29.4 Å². The maximum absolute atomic E-state index is 13.4. The van der Waals surface area contributed by atoms with Crippen LogP contribution in [0, 0.1) is 27.7 Å². The van der Waals surface area contributed by atoms with Crippen molar-refractivity contribution in [2.24, 2.45) is 0 Å². The van der Waals surface area contributed by atoms with E-state index in [2.05, 4.69) is 44.2 Å². The number of aromatic nitrogens is 1. The molecule has 0 radical (unpaired) electrons. The Morgan fingerprint density at radius 2 is 1.86 bits per heavy atom. The fourth-order valence-corrected chi connectivity index (χ4v) is 4.58. The molecule has 0 bridgehead atoms. The second-order valence-electron chi connectivity index (χ2n) is 7.59. The third kappa shape index (κ3) is 4.10. The molecule has 4 nitrogen and oxygen atoms in total. The molecule has 0 atom stereocenters. The highest BCUT2D eigenvalue weighted by Crippen LogP contribution is 2.33. The molecule has 29 heavy (non-hydrogen) atoms. The first-order valence-corrected chi connectivity index (χ1v) is 10.5. The molecule has 0 aliphatic carbocycles. The number of rotatable bonds is 5. The summed E-state index contributed by atoms with van der Waals surface area (Å²) in [7, 11) is 0. The van der Waals surface area contributed by atoms with E-state index in [9.17, 15) is 4.79 Å². The van der Waals surface area contributed by atoms with Crippen molar-refractivity contribution in [3.05, 3.63) is 82.3 Å². The Kier molecular flexibility index (Phi) is 5.24. The molecule has 0 aliphatic heterocycles. The molecule has 2 aromatic carbocycles. The van der Waals surface area contributed by atoms with Crippen molar-refractivity contribution in [3.63, 3.8) is 0 Å². The molecule has 0 unspecified atom stereocenters. The van der Waals surface area contributed by atoms with Gasteiger partial charge >= 0.3 is 0 Å². The standard InChI is InChI=1S/C24H24N2O2S/c1-15-7-8-17(3)19(11-15)13-22(27)26(14-20-6-5-9-28-20)24-25-21-12-16(2)10-18(4)23(21)29-24/h5-12H,13-14H2,1-4H3. The molecule has 2 heterocycles. The minimum atomic E-state index is 0.0172. The van der Waals surface area contributed by atoms with E-state index in [1.54, 1.807) is 22.5 Å². The van der Waals surface area contributed by atoms with E-state index in [-0.39, 0.29) is 5.91 Å². The van der Waals surface area contributed by atoms with Crippen LogP contribution < -0.4 is 4.90 Å². The van der Waals surface area contributed by atoms with Crippen LogP contribution in [-0.4, -0.2) is 10.9 Å². The van der Waals surface area contributed by atoms with E-state index in [0.717, 1.165) is 32.7 Å². The van der Waals surface area contributed by atoms with Gasteiger partial charge in [-0.3, -0.25) is 9.69 Å². The summed E-state index contributed by atoms with van der Waals surface area (Å²) in [4.78, 5) is 19.9. The van der Waals surface area contributed by atoms with Gasteiger partial charge in [0.25, 0.3) is 0 Å². The van der Waals surface area contributed by atoms with Gasteiger partial charge in [-0.15, -0.1) is 0 Å². The fraction of sp³-hybridized carbons (Fsp3) is 0.250. The van der Waals surface area contributed by atoms with Crippen LogP contribution in [0.4, 0.5) is 5.13 Å². The van der Waals surface area contributed by atoms with Gasteiger partial charge in [0, 0.05) is 0 Å². The lowest BCUT2D eigenvalue weighted by Gasteiger charge is -2.19. The summed E-state index contributed by atoms with van der Waals surface area (Å²) in [5, 5.41) is 0.709. The molecule has 0 saturated carbocycles. The molecule has 4 rings (SSSR count). The Bertz CT molecular complexity index is 1180. The van der Waals surface area contributed by atoms with Crippen LogP contribution in [0.5, 0.6) is 0 Å². The molecule has 0 saturated heterocycles. The van der Waals surface area contributed by atoms with Crippen molar-refractivity contribution in [2.45, 2.75) is 40.7 Å². The van der Waals surface area contributed by atoms with Crippen LogP contribution in [0.2, 0.25) is 0 Å². The highest BCUT2D eigenvalue weighted by molar-refractivity contribution is 7.22. The SMILES string of the molecule is Cc1ccc(C)c(CC(=O)N(Cc2ccco2)c2nc3cc(C)cc(C)c3s2)c1. The Hall–Kier alpha value is -2.92. The zero-order valence-electron chi connectivity index (χ0n) is 17.2. The summed E-state index contributed by atoms with van der Waals surface area (Å²) in [5.74, 6) is 0.759. The molecule has 0 N–H and O–H groups in total. The van der Waals surface area contributed by atoms with Crippen LogP contribution in [0.3, 0.4) is 0 Å². The zero-order valence-corrected chi connectivity index (χ0v) is 18.0. The van der Waals surface area contributed by atoms with Crippen molar-refractivity contribution in [1.29, 1.82) is 0 Å². The van der Waals surface area contributed by atoms with Gasteiger partial charge in [0.1, 0.15) is 5.76 Å². The van der Waals surface area contributed by atoms with Crippen LogP contribution in [-0.2, 0) is 17.8 Å². The molecule has 0 aliphatic rings. The van der Waals surface area contributed by atoms with Crippen molar-refractivity contribution in [1.82, 2.24) is 4.98 Å². The summed E-state index contributed by atoms with van der Waals surface area (Å²) in [6, 6.07) is 14.2. The van der Waals surface area contributed by atoms with Gasteiger partial charge in [0.15, 0.2) is 5.13 Å². The van der Waals surface area contributed by atoms with E-state index >= 15 is 0 Å². The number of carbonyl (C=O) groups is 1. The van der Waals surface area contributed by atoms with Gasteiger partial charge in [-0.25, -0.2) is 4.98 Å². The van der Waals surface area contributed by atoms with E-state index in [0.29, 0.717) is 18.1 Å². The molecular formula is C24H24N2O2S. The number of anilines is 1. The van der Waals surface area contributed by atoms with Gasteiger partial charge < -0.3 is 4.42 Å². The second-order valence-corrected chi connectivity index (χ2v) is 8.57. The Morgan fingerprint density at radius 3 is 2.62 bits per heavy atom. The molecule has 0 fully saturated rings. The lowest BCUT2D eigenvalue weighted by molar-refractivity contribution is -0.118. The first kappa shape index (κ1) is 19.4. The molecule has 1 amide bonds. The number of aryl methyl sites for hydroxylation is 4. The fourth-order valence-electron chi connectivity index (χ4n) is 3.55. The maximum Gasteiger partial charge on any atom is 0.233 e. The Morgan fingerprint density at radius 1 is 1.03 bits per heavy atom. The van der Waals surface area contributed by atoms with Crippen molar-refractivity contribution in [2.75, 3.05) is 4.90 Å². The van der Waals surface area contributed by atoms with Gasteiger partial charge in [-0.05, 0) is 68.1 Å². The van der Waals surface area contributed by atoms with Crippen molar-refractivity contribution < 1.29 is 9.21 Å². The average molecular weight is 405 g/mol. The smallest absolute Gasteiger partial charge is 0.233 e. The minimum absolute atomic E-state index is 0.0172. The lowest BCUT2D eigenvalue weighted by Crippen LogP contribution is -2.31. The van der Waals surface area contributed by atoms with E-state index in [1.807, 2.05) is 26.0 Å². The van der Waals surface area contributed by atoms with Crippen molar-refractivity contribution >= 4 is 32.6 Å². The predicted octanol–water partition coefficient (Wildman–Crippen LogP) is 5.90. The Labute approximate surface area is 174 Å². The monoisotopic (exact) mass is 404 g/mol. The third-order valence-electron chi connectivity index (χ3n) is 5.08. The van der Waals surface area contributed by atoms with E-state index in [1.165, 1.54) is 11.1 Å². The van der Waals surface area contributed by atoms with Crippen LogP contribution in [0.1, 0.15) is 33.6 Å². The lowest BCUT2D eigenvalue weighted by atomic mass is 10.0. The summed E-state index contributed by atoms with van der Waals surface area (Å²) in [6.07, 6.45) is 1.97. The third-order valence-corrected chi connectivity index (χ3v) is 6.31. The number of fused-ring (bicyclic) bond motifs is 1.